The molecule has 1 N–H and O–H groups in total. The van der Waals surface area contributed by atoms with E-state index in [4.69, 9.17) is 0 Å². The predicted molar refractivity (Wildman–Crippen MR) is 94.4 cm³/mol. The summed E-state index contributed by atoms with van der Waals surface area (Å²) in [5.74, 6) is 2.99. The van der Waals surface area contributed by atoms with Gasteiger partial charge in [0.2, 0.25) is 0 Å². The van der Waals surface area contributed by atoms with E-state index in [1.54, 1.807) is 0 Å². The number of carbonyl (C=O) groups is 1. The number of allylic oxidation sites excluding steroid dienone is 1. The van der Waals surface area contributed by atoms with Gasteiger partial charge in [0.1, 0.15) is 0 Å². The predicted octanol–water partition coefficient (Wildman–Crippen LogP) is 4.80. The molecule has 6 atom stereocenters. The van der Waals surface area contributed by atoms with E-state index in [2.05, 4.69) is 19.9 Å². The molecule has 3 nitrogen and oxygen atoms in total. The lowest BCUT2D eigenvalue weighted by atomic mass is 9.45. The van der Waals surface area contributed by atoms with Gasteiger partial charge in [-0.3, -0.25) is 10.0 Å². The Morgan fingerprint density at radius 3 is 2.67 bits per heavy atom. The standard InChI is InChI=1S/C21H33NO2/c1-20-12-5-4-6-14(20)7-8-15-16-9-10-18(19(23)22(3)24)21(16,2)13-11-17(15)20/h10,14-17,24H,4-9,11-13H2,1-3H3/t14?,15-,16-,17-,20-,21-/m0/s1. The van der Waals surface area contributed by atoms with Gasteiger partial charge in [-0.15, -0.1) is 0 Å². The second-order valence-electron chi connectivity index (χ2n) is 9.54. The molecule has 3 fully saturated rings. The average molecular weight is 332 g/mol. The van der Waals surface area contributed by atoms with Gasteiger partial charge >= 0.3 is 0 Å². The summed E-state index contributed by atoms with van der Waals surface area (Å²) in [7, 11) is 1.46. The summed E-state index contributed by atoms with van der Waals surface area (Å²) in [5.41, 5.74) is 1.41. The van der Waals surface area contributed by atoms with E-state index >= 15 is 0 Å². The maximum absolute atomic E-state index is 12.5. The van der Waals surface area contributed by atoms with Crippen LogP contribution >= 0.6 is 0 Å². The minimum Gasteiger partial charge on any atom is -0.286 e. The highest BCUT2D eigenvalue weighted by Crippen LogP contribution is 2.66. The summed E-state index contributed by atoms with van der Waals surface area (Å²) in [6, 6.07) is 0. The van der Waals surface area contributed by atoms with Gasteiger partial charge in [-0.2, -0.15) is 0 Å². The SMILES string of the molecule is CN(O)C(=O)C1=CC[C@H]2[C@@H]3CCC4CCCC[C@]4(C)[C@H]3CC[C@]12C. The van der Waals surface area contributed by atoms with Gasteiger partial charge in [-0.1, -0.05) is 32.8 Å². The van der Waals surface area contributed by atoms with Crippen LogP contribution in [0.1, 0.15) is 71.6 Å². The van der Waals surface area contributed by atoms with Gasteiger partial charge in [-0.25, -0.2) is 5.06 Å². The highest BCUT2D eigenvalue weighted by Gasteiger charge is 2.58. The molecule has 0 aromatic rings. The van der Waals surface area contributed by atoms with Crippen LogP contribution in [-0.4, -0.2) is 23.2 Å². The van der Waals surface area contributed by atoms with Gasteiger partial charge in [0.25, 0.3) is 5.91 Å². The first-order valence-corrected chi connectivity index (χ1v) is 10.1. The zero-order chi connectivity index (χ0) is 17.1. The quantitative estimate of drug-likeness (QED) is 0.553. The number of hydroxylamine groups is 2. The summed E-state index contributed by atoms with van der Waals surface area (Å²) in [5, 5.41) is 10.4. The van der Waals surface area contributed by atoms with Crippen LogP contribution in [0.5, 0.6) is 0 Å². The summed E-state index contributed by atoms with van der Waals surface area (Å²) in [6.45, 7) is 4.88. The third-order valence-corrected chi connectivity index (χ3v) is 8.69. The van der Waals surface area contributed by atoms with Gasteiger partial charge in [0, 0.05) is 18.0 Å². The second kappa shape index (κ2) is 5.59. The lowest BCUT2D eigenvalue weighted by Crippen LogP contribution is -2.53. The molecule has 134 valence electrons. The molecule has 3 saturated carbocycles. The van der Waals surface area contributed by atoms with Crippen LogP contribution in [0, 0.1) is 34.5 Å². The zero-order valence-corrected chi connectivity index (χ0v) is 15.6. The highest BCUT2D eigenvalue weighted by molar-refractivity contribution is 5.94. The van der Waals surface area contributed by atoms with Crippen LogP contribution in [0.25, 0.3) is 0 Å². The summed E-state index contributed by atoms with van der Waals surface area (Å²) in [6.07, 6.45) is 14.0. The molecule has 4 aliphatic rings. The third kappa shape index (κ3) is 2.16. The highest BCUT2D eigenvalue weighted by atomic mass is 16.5. The lowest BCUT2D eigenvalue weighted by Gasteiger charge is -2.60. The third-order valence-electron chi connectivity index (χ3n) is 8.69. The Morgan fingerprint density at radius 2 is 1.92 bits per heavy atom. The van der Waals surface area contributed by atoms with Gasteiger partial charge in [-0.05, 0) is 74.0 Å². The molecular weight excluding hydrogens is 298 g/mol. The van der Waals surface area contributed by atoms with Crippen molar-refractivity contribution in [2.45, 2.75) is 71.6 Å². The number of nitrogens with zero attached hydrogens (tertiary/aromatic N) is 1. The summed E-state index contributed by atoms with van der Waals surface area (Å²) in [4.78, 5) is 12.5. The van der Waals surface area contributed by atoms with Crippen molar-refractivity contribution in [2.24, 2.45) is 34.5 Å². The molecule has 24 heavy (non-hydrogen) atoms. The smallest absolute Gasteiger partial charge is 0.273 e. The van der Waals surface area contributed by atoms with Crippen LogP contribution in [0.15, 0.2) is 11.6 Å². The van der Waals surface area contributed by atoms with Crippen molar-refractivity contribution in [3.8, 4) is 0 Å². The Labute approximate surface area is 146 Å². The minimum absolute atomic E-state index is 0.0207. The van der Waals surface area contributed by atoms with E-state index in [0.717, 1.165) is 41.2 Å². The van der Waals surface area contributed by atoms with E-state index < -0.39 is 0 Å². The van der Waals surface area contributed by atoms with Crippen molar-refractivity contribution in [1.82, 2.24) is 5.06 Å². The maximum atomic E-state index is 12.5. The maximum Gasteiger partial charge on any atom is 0.273 e. The molecule has 1 amide bonds. The molecule has 0 spiro atoms. The van der Waals surface area contributed by atoms with Crippen molar-refractivity contribution < 1.29 is 10.0 Å². The van der Waals surface area contributed by atoms with Crippen molar-refractivity contribution in [1.29, 1.82) is 0 Å². The monoisotopic (exact) mass is 331 g/mol. The fourth-order valence-corrected chi connectivity index (χ4v) is 7.37. The Hall–Kier alpha value is -0.830. The molecule has 0 aliphatic heterocycles. The Kier molecular flexibility index (Phi) is 3.87. The van der Waals surface area contributed by atoms with Crippen LogP contribution in [0.2, 0.25) is 0 Å². The average Bonchev–Trinajstić information content (AvgIpc) is 2.90. The molecule has 4 rings (SSSR count). The van der Waals surface area contributed by atoms with Gasteiger partial charge in [0.05, 0.1) is 0 Å². The molecule has 1 unspecified atom stereocenters. The number of fused-ring (bicyclic) bond motifs is 5. The normalized spacial score (nSPS) is 47.2. The summed E-state index contributed by atoms with van der Waals surface area (Å²) >= 11 is 0. The van der Waals surface area contributed by atoms with Gasteiger partial charge < -0.3 is 0 Å². The van der Waals surface area contributed by atoms with Crippen LogP contribution < -0.4 is 0 Å². The number of hydrogen-bond acceptors (Lipinski definition) is 2. The van der Waals surface area contributed by atoms with E-state index in [1.165, 1.54) is 52.0 Å². The Balaban J connectivity index is 1.61. The molecule has 0 radical (unpaired) electrons. The van der Waals surface area contributed by atoms with Crippen molar-refractivity contribution >= 4 is 5.91 Å². The van der Waals surface area contributed by atoms with E-state index in [0.29, 0.717) is 11.3 Å². The van der Waals surface area contributed by atoms with E-state index in [9.17, 15) is 10.0 Å². The van der Waals surface area contributed by atoms with Crippen LogP contribution in [-0.2, 0) is 4.79 Å². The minimum atomic E-state index is -0.184. The van der Waals surface area contributed by atoms with E-state index in [-0.39, 0.29) is 11.3 Å². The molecular formula is C21H33NO2. The number of amides is 1. The van der Waals surface area contributed by atoms with Gasteiger partial charge in [0.15, 0.2) is 0 Å². The first-order chi connectivity index (χ1) is 11.4. The Morgan fingerprint density at radius 1 is 1.12 bits per heavy atom. The molecule has 0 aromatic heterocycles. The molecule has 3 heteroatoms. The number of carbonyl (C=O) groups excluding carboxylic acids is 1. The topological polar surface area (TPSA) is 40.5 Å². The molecule has 0 bridgehead atoms. The number of hydrogen-bond donors (Lipinski definition) is 1. The number of likely N-dealkylation sites (N-methyl/N-ethyl adjacent to an activating group) is 1. The first kappa shape index (κ1) is 16.6. The molecule has 4 aliphatic carbocycles. The lowest BCUT2D eigenvalue weighted by molar-refractivity contribution is -0.157. The molecule has 0 aromatic carbocycles. The van der Waals surface area contributed by atoms with Crippen LogP contribution in [0.3, 0.4) is 0 Å². The van der Waals surface area contributed by atoms with Crippen LogP contribution in [0.4, 0.5) is 0 Å². The largest absolute Gasteiger partial charge is 0.286 e. The second-order valence-corrected chi connectivity index (χ2v) is 9.54. The molecule has 0 saturated heterocycles. The van der Waals surface area contributed by atoms with Crippen molar-refractivity contribution in [3.63, 3.8) is 0 Å². The molecule has 0 heterocycles. The van der Waals surface area contributed by atoms with Crippen molar-refractivity contribution in [2.75, 3.05) is 7.05 Å². The van der Waals surface area contributed by atoms with Crippen molar-refractivity contribution in [3.05, 3.63) is 11.6 Å². The first-order valence-electron chi connectivity index (χ1n) is 10.1. The van der Waals surface area contributed by atoms with E-state index in [1.807, 2.05) is 0 Å². The Bertz CT molecular complexity index is 568. The number of rotatable bonds is 1. The fraction of sp³-hybridized carbons (Fsp3) is 0.857. The fourth-order valence-electron chi connectivity index (χ4n) is 7.37. The summed E-state index contributed by atoms with van der Waals surface area (Å²) < 4.78 is 0. The zero-order valence-electron chi connectivity index (χ0n) is 15.6.